The second kappa shape index (κ2) is 6.61. The Kier molecular flexibility index (Phi) is 5.11. The molecule has 0 aliphatic carbocycles. The van der Waals surface area contributed by atoms with Crippen molar-refractivity contribution in [3.05, 3.63) is 35.4 Å². The van der Waals surface area contributed by atoms with Gasteiger partial charge in [-0.15, -0.1) is 0 Å². The number of nitriles is 1. The highest BCUT2D eigenvalue weighted by Crippen LogP contribution is 2.14. The third-order valence-corrected chi connectivity index (χ3v) is 2.21. The first-order valence-electron chi connectivity index (χ1n) is 5.05. The molecule has 1 amide bonds. The molecule has 0 saturated heterocycles. The van der Waals surface area contributed by atoms with Crippen LogP contribution in [0.2, 0.25) is 0 Å². The van der Waals surface area contributed by atoms with Crippen molar-refractivity contribution in [1.82, 2.24) is 5.32 Å². The summed E-state index contributed by atoms with van der Waals surface area (Å²) in [5, 5.41) is 11.1. The van der Waals surface area contributed by atoms with E-state index in [0.717, 1.165) is 0 Å². The molecule has 1 rings (SSSR count). The molecule has 0 saturated carbocycles. The predicted octanol–water partition coefficient (Wildman–Crippen LogP) is 1.33. The third-order valence-electron chi connectivity index (χ3n) is 2.21. The van der Waals surface area contributed by atoms with Gasteiger partial charge in [-0.1, -0.05) is 12.1 Å². The van der Waals surface area contributed by atoms with Gasteiger partial charge < -0.3 is 10.1 Å². The Labute approximate surface area is 99.0 Å². The molecule has 1 aromatic rings. The predicted molar refractivity (Wildman–Crippen MR) is 59.9 cm³/mol. The largest absolute Gasteiger partial charge is 0.375 e. The summed E-state index contributed by atoms with van der Waals surface area (Å²) in [6.07, 6.45) is 0. The number of rotatable bonds is 5. The highest BCUT2D eigenvalue weighted by atomic mass is 19.1. The van der Waals surface area contributed by atoms with Crippen LogP contribution in [-0.2, 0) is 9.53 Å². The Bertz CT molecular complexity index is 412. The van der Waals surface area contributed by atoms with Gasteiger partial charge in [0, 0.05) is 7.11 Å². The van der Waals surface area contributed by atoms with Gasteiger partial charge in [0.1, 0.15) is 13.3 Å². The Balaban J connectivity index is 2.72. The fourth-order valence-corrected chi connectivity index (χ4v) is 1.37. The van der Waals surface area contributed by atoms with Crippen molar-refractivity contribution in [2.75, 3.05) is 20.4 Å². The van der Waals surface area contributed by atoms with Gasteiger partial charge in [-0.3, -0.25) is 4.79 Å². The number of carbonyl (C=O) groups is 1. The zero-order valence-electron chi connectivity index (χ0n) is 9.44. The highest BCUT2D eigenvalue weighted by Gasteiger charge is 2.13. The zero-order valence-corrected chi connectivity index (χ0v) is 9.44. The molecule has 1 aromatic carbocycles. The normalized spacial score (nSPS) is 11.6. The van der Waals surface area contributed by atoms with E-state index in [-0.39, 0.29) is 12.5 Å². The van der Waals surface area contributed by atoms with Gasteiger partial charge >= 0.3 is 0 Å². The van der Waals surface area contributed by atoms with Gasteiger partial charge in [0.2, 0.25) is 5.91 Å². The summed E-state index contributed by atoms with van der Waals surface area (Å²) in [5.74, 6) is -0.375. The van der Waals surface area contributed by atoms with Gasteiger partial charge in [-0.2, -0.15) is 5.26 Å². The third kappa shape index (κ3) is 3.85. The van der Waals surface area contributed by atoms with Crippen molar-refractivity contribution < 1.29 is 13.9 Å². The average Bonchev–Trinajstić information content (AvgIpc) is 2.36. The fraction of sp³-hybridized carbons (Fsp3) is 0.333. The lowest BCUT2D eigenvalue weighted by Crippen LogP contribution is -2.32. The molecule has 0 unspecified atom stereocenters. The van der Waals surface area contributed by atoms with Crippen molar-refractivity contribution in [3.63, 3.8) is 0 Å². The van der Waals surface area contributed by atoms with Crippen LogP contribution in [0.25, 0.3) is 0 Å². The van der Waals surface area contributed by atoms with Crippen LogP contribution in [0.5, 0.6) is 0 Å². The van der Waals surface area contributed by atoms with Gasteiger partial charge in [-0.25, -0.2) is 4.39 Å². The number of halogens is 1. The number of alkyl halides is 1. The summed E-state index contributed by atoms with van der Waals surface area (Å²) in [6.45, 7) is -0.811. The lowest BCUT2D eigenvalue weighted by Gasteiger charge is -2.15. The molecular formula is C12H13FN2O2. The van der Waals surface area contributed by atoms with Crippen molar-refractivity contribution in [2.45, 2.75) is 6.04 Å². The Hall–Kier alpha value is -1.93. The molecule has 0 spiro atoms. The summed E-state index contributed by atoms with van der Waals surface area (Å²) in [4.78, 5) is 11.3. The molecule has 17 heavy (non-hydrogen) atoms. The standard InChI is InChI=1S/C12H13FN2O2/c1-17-8-12(16)15-11(6-13)10-4-2-9(7-14)3-5-10/h2-5,11H,6,8H2,1H3,(H,15,16)/t11-/m1/s1. The van der Waals surface area contributed by atoms with E-state index in [1.165, 1.54) is 7.11 Å². The van der Waals surface area contributed by atoms with Crippen molar-refractivity contribution in [3.8, 4) is 6.07 Å². The van der Waals surface area contributed by atoms with E-state index < -0.39 is 12.7 Å². The number of nitrogens with zero attached hydrogens (tertiary/aromatic N) is 1. The summed E-state index contributed by atoms with van der Waals surface area (Å²) in [7, 11) is 1.39. The topological polar surface area (TPSA) is 62.1 Å². The minimum Gasteiger partial charge on any atom is -0.375 e. The summed E-state index contributed by atoms with van der Waals surface area (Å²) in [6, 6.07) is 7.68. The minimum atomic E-state index is -0.707. The molecule has 1 atom stereocenters. The molecule has 4 nitrogen and oxygen atoms in total. The molecule has 5 heteroatoms. The molecule has 0 radical (unpaired) electrons. The zero-order chi connectivity index (χ0) is 12.7. The van der Waals surface area contributed by atoms with Crippen LogP contribution in [0, 0.1) is 11.3 Å². The van der Waals surface area contributed by atoms with E-state index in [1.807, 2.05) is 6.07 Å². The second-order valence-electron chi connectivity index (χ2n) is 3.44. The quantitative estimate of drug-likeness (QED) is 0.839. The summed E-state index contributed by atoms with van der Waals surface area (Å²) in [5.41, 5.74) is 1.12. The highest BCUT2D eigenvalue weighted by molar-refractivity contribution is 5.77. The van der Waals surface area contributed by atoms with Crippen LogP contribution in [-0.4, -0.2) is 26.3 Å². The average molecular weight is 236 g/mol. The first-order valence-corrected chi connectivity index (χ1v) is 5.05. The number of ether oxygens (including phenoxy) is 1. The maximum absolute atomic E-state index is 12.8. The van der Waals surface area contributed by atoms with E-state index in [0.29, 0.717) is 11.1 Å². The van der Waals surface area contributed by atoms with E-state index in [4.69, 9.17) is 5.26 Å². The Morgan fingerprint density at radius 2 is 2.18 bits per heavy atom. The number of amides is 1. The van der Waals surface area contributed by atoms with Crippen molar-refractivity contribution in [2.24, 2.45) is 0 Å². The lowest BCUT2D eigenvalue weighted by molar-refractivity contribution is -0.125. The molecule has 0 aliphatic rings. The number of hydrogen-bond acceptors (Lipinski definition) is 3. The van der Waals surface area contributed by atoms with E-state index in [9.17, 15) is 9.18 Å². The van der Waals surface area contributed by atoms with Crippen molar-refractivity contribution >= 4 is 5.91 Å². The second-order valence-corrected chi connectivity index (χ2v) is 3.44. The number of hydrogen-bond donors (Lipinski definition) is 1. The van der Waals surface area contributed by atoms with Crippen LogP contribution < -0.4 is 5.32 Å². The Morgan fingerprint density at radius 3 is 2.65 bits per heavy atom. The van der Waals surface area contributed by atoms with Gasteiger partial charge in [0.15, 0.2) is 0 Å². The monoisotopic (exact) mass is 236 g/mol. The first-order chi connectivity index (χ1) is 8.21. The minimum absolute atomic E-state index is 0.104. The number of nitrogens with one attached hydrogen (secondary N) is 1. The maximum Gasteiger partial charge on any atom is 0.246 e. The Morgan fingerprint density at radius 1 is 1.53 bits per heavy atom. The molecule has 0 aliphatic heterocycles. The molecule has 0 aromatic heterocycles. The number of methoxy groups -OCH3 is 1. The van der Waals surface area contributed by atoms with Gasteiger partial charge in [-0.05, 0) is 17.7 Å². The summed E-state index contributed by atoms with van der Waals surface area (Å²) < 4.78 is 17.4. The summed E-state index contributed by atoms with van der Waals surface area (Å²) >= 11 is 0. The van der Waals surface area contributed by atoms with Crippen molar-refractivity contribution in [1.29, 1.82) is 5.26 Å². The maximum atomic E-state index is 12.8. The van der Waals surface area contributed by atoms with Crippen LogP contribution in [0.4, 0.5) is 4.39 Å². The fourth-order valence-electron chi connectivity index (χ4n) is 1.37. The molecule has 90 valence electrons. The lowest BCUT2D eigenvalue weighted by atomic mass is 10.1. The molecule has 0 fully saturated rings. The molecular weight excluding hydrogens is 223 g/mol. The molecule has 0 heterocycles. The van der Waals surface area contributed by atoms with Crippen LogP contribution >= 0.6 is 0 Å². The van der Waals surface area contributed by atoms with Crippen LogP contribution in [0.3, 0.4) is 0 Å². The smallest absolute Gasteiger partial charge is 0.246 e. The molecule has 1 N–H and O–H groups in total. The van der Waals surface area contributed by atoms with E-state index in [1.54, 1.807) is 24.3 Å². The van der Waals surface area contributed by atoms with Gasteiger partial charge in [0.25, 0.3) is 0 Å². The SMILES string of the molecule is COCC(=O)N[C@H](CF)c1ccc(C#N)cc1. The van der Waals surface area contributed by atoms with Crippen LogP contribution in [0.1, 0.15) is 17.2 Å². The molecule has 0 bridgehead atoms. The van der Waals surface area contributed by atoms with E-state index in [2.05, 4.69) is 10.1 Å². The first kappa shape index (κ1) is 13.1. The van der Waals surface area contributed by atoms with E-state index >= 15 is 0 Å². The number of carbonyl (C=O) groups excluding carboxylic acids is 1. The van der Waals surface area contributed by atoms with Crippen LogP contribution in [0.15, 0.2) is 24.3 Å². The number of benzene rings is 1. The van der Waals surface area contributed by atoms with Gasteiger partial charge in [0.05, 0.1) is 17.7 Å².